The molecule has 0 aliphatic rings. The lowest BCUT2D eigenvalue weighted by atomic mass is 10.2. The minimum Gasteiger partial charge on any atom is -0.352 e. The predicted octanol–water partition coefficient (Wildman–Crippen LogP) is 0.472. The van der Waals surface area contributed by atoms with Crippen molar-refractivity contribution in [2.75, 3.05) is 0 Å². The molecule has 0 aliphatic heterocycles. The first-order valence-electron chi connectivity index (χ1n) is 5.50. The maximum absolute atomic E-state index is 11.4. The van der Waals surface area contributed by atoms with E-state index in [1.54, 1.807) is 4.68 Å². The molecule has 0 fully saturated rings. The highest BCUT2D eigenvalue weighted by atomic mass is 16.1. The molecular weight excluding hydrogens is 204 g/mol. The number of carbonyl (C=O) groups is 1. The van der Waals surface area contributed by atoms with Gasteiger partial charge in [0, 0.05) is 37.8 Å². The van der Waals surface area contributed by atoms with Gasteiger partial charge in [-0.05, 0) is 20.3 Å². The minimum atomic E-state index is 0.0422. The van der Waals surface area contributed by atoms with E-state index >= 15 is 0 Å². The third kappa shape index (κ3) is 4.02. The van der Waals surface area contributed by atoms with Crippen LogP contribution in [0.1, 0.15) is 31.0 Å². The third-order valence-electron chi connectivity index (χ3n) is 2.42. The maximum atomic E-state index is 11.4. The van der Waals surface area contributed by atoms with Crippen LogP contribution in [0.25, 0.3) is 0 Å². The van der Waals surface area contributed by atoms with Gasteiger partial charge in [-0.3, -0.25) is 9.48 Å². The van der Waals surface area contributed by atoms with E-state index in [-0.39, 0.29) is 11.9 Å². The second-order valence-corrected chi connectivity index (χ2v) is 4.21. The molecule has 0 spiro atoms. The van der Waals surface area contributed by atoms with Crippen molar-refractivity contribution >= 4 is 5.91 Å². The number of nitrogens with one attached hydrogen (secondary N) is 1. The van der Waals surface area contributed by atoms with Crippen LogP contribution in [0.2, 0.25) is 0 Å². The number of hydrogen-bond acceptors (Lipinski definition) is 3. The Morgan fingerprint density at radius 1 is 1.69 bits per heavy atom. The van der Waals surface area contributed by atoms with Gasteiger partial charge in [-0.1, -0.05) is 0 Å². The topological polar surface area (TPSA) is 72.9 Å². The van der Waals surface area contributed by atoms with E-state index in [4.69, 9.17) is 5.73 Å². The summed E-state index contributed by atoms with van der Waals surface area (Å²) in [5, 5.41) is 7.07. The minimum absolute atomic E-state index is 0.0422. The number of nitrogens with zero attached hydrogens (tertiary/aromatic N) is 2. The molecule has 0 saturated carbocycles. The van der Waals surface area contributed by atoms with Crippen molar-refractivity contribution in [3.63, 3.8) is 0 Å². The van der Waals surface area contributed by atoms with Crippen LogP contribution in [0, 0.1) is 6.92 Å². The van der Waals surface area contributed by atoms with E-state index < -0.39 is 0 Å². The average Bonchev–Trinajstić information content (AvgIpc) is 2.51. The zero-order chi connectivity index (χ0) is 12.1. The van der Waals surface area contributed by atoms with Crippen molar-refractivity contribution in [1.29, 1.82) is 0 Å². The summed E-state index contributed by atoms with van der Waals surface area (Å²) in [5.74, 6) is 0.0422. The normalized spacial score (nSPS) is 12.5. The zero-order valence-electron chi connectivity index (χ0n) is 10.2. The summed E-state index contributed by atoms with van der Waals surface area (Å²) in [5.41, 5.74) is 7.59. The molecule has 5 heteroatoms. The van der Waals surface area contributed by atoms with Gasteiger partial charge in [-0.15, -0.1) is 0 Å². The highest BCUT2D eigenvalue weighted by molar-refractivity contribution is 5.75. The molecule has 5 nitrogen and oxygen atoms in total. The molecule has 0 saturated heterocycles. The molecular formula is C11H20N4O. The van der Waals surface area contributed by atoms with Crippen molar-refractivity contribution in [2.45, 2.75) is 39.3 Å². The molecule has 0 aromatic carbocycles. The smallest absolute Gasteiger partial charge is 0.220 e. The highest BCUT2D eigenvalue weighted by Crippen LogP contribution is 2.04. The van der Waals surface area contributed by atoms with E-state index in [0.29, 0.717) is 13.0 Å². The molecule has 0 aliphatic carbocycles. The Morgan fingerprint density at radius 2 is 2.38 bits per heavy atom. The first-order valence-corrected chi connectivity index (χ1v) is 5.50. The van der Waals surface area contributed by atoms with Gasteiger partial charge in [0.05, 0.1) is 5.69 Å². The Bertz CT molecular complexity index is 357. The van der Waals surface area contributed by atoms with Gasteiger partial charge in [0.2, 0.25) is 5.91 Å². The van der Waals surface area contributed by atoms with Gasteiger partial charge in [0.15, 0.2) is 0 Å². The Balaban J connectivity index is 2.34. The molecule has 3 N–H and O–H groups in total. The number of nitrogens with two attached hydrogens (primary N) is 1. The predicted molar refractivity (Wildman–Crippen MR) is 62.7 cm³/mol. The second kappa shape index (κ2) is 5.65. The molecule has 0 radical (unpaired) electrons. The average molecular weight is 224 g/mol. The lowest BCUT2D eigenvalue weighted by Crippen LogP contribution is -2.25. The molecule has 1 aromatic heterocycles. The van der Waals surface area contributed by atoms with E-state index in [2.05, 4.69) is 10.4 Å². The van der Waals surface area contributed by atoms with Crippen molar-refractivity contribution in [3.8, 4) is 0 Å². The number of carbonyl (C=O) groups excluding carboxylic acids is 1. The SMILES string of the molecule is Cc1nn(C)cc1CNC(=O)CCC(C)N. The zero-order valence-corrected chi connectivity index (χ0v) is 10.2. The fourth-order valence-corrected chi connectivity index (χ4v) is 1.46. The number of aromatic nitrogens is 2. The number of hydrogen-bond donors (Lipinski definition) is 2. The van der Waals surface area contributed by atoms with Crippen LogP contribution < -0.4 is 11.1 Å². The fraction of sp³-hybridized carbons (Fsp3) is 0.636. The highest BCUT2D eigenvalue weighted by Gasteiger charge is 2.06. The summed E-state index contributed by atoms with van der Waals surface area (Å²) in [6, 6.07) is 0.0749. The van der Waals surface area contributed by atoms with Gasteiger partial charge >= 0.3 is 0 Å². The fourth-order valence-electron chi connectivity index (χ4n) is 1.46. The summed E-state index contributed by atoms with van der Waals surface area (Å²) in [4.78, 5) is 11.4. The van der Waals surface area contributed by atoms with E-state index in [9.17, 15) is 4.79 Å². The van der Waals surface area contributed by atoms with E-state index in [0.717, 1.165) is 17.7 Å². The van der Waals surface area contributed by atoms with Crippen LogP contribution in [0.3, 0.4) is 0 Å². The molecule has 90 valence electrons. The van der Waals surface area contributed by atoms with Gasteiger partial charge < -0.3 is 11.1 Å². The molecule has 1 rings (SSSR count). The lowest BCUT2D eigenvalue weighted by molar-refractivity contribution is -0.121. The molecule has 1 unspecified atom stereocenters. The first kappa shape index (κ1) is 12.7. The molecule has 0 bridgehead atoms. The number of amides is 1. The van der Waals surface area contributed by atoms with Crippen LogP contribution in [0.15, 0.2) is 6.20 Å². The molecule has 1 atom stereocenters. The monoisotopic (exact) mass is 224 g/mol. The van der Waals surface area contributed by atoms with Gasteiger partial charge in [-0.2, -0.15) is 5.10 Å². The molecule has 1 amide bonds. The number of rotatable bonds is 5. The Labute approximate surface area is 96.0 Å². The largest absolute Gasteiger partial charge is 0.352 e. The van der Waals surface area contributed by atoms with Gasteiger partial charge in [-0.25, -0.2) is 0 Å². The van der Waals surface area contributed by atoms with E-state index in [1.807, 2.05) is 27.1 Å². The summed E-state index contributed by atoms with van der Waals surface area (Å²) >= 11 is 0. The van der Waals surface area contributed by atoms with Crippen LogP contribution in [-0.2, 0) is 18.4 Å². The van der Waals surface area contributed by atoms with Crippen molar-refractivity contribution in [3.05, 3.63) is 17.5 Å². The Hall–Kier alpha value is -1.36. The van der Waals surface area contributed by atoms with Crippen molar-refractivity contribution in [1.82, 2.24) is 15.1 Å². The third-order valence-corrected chi connectivity index (χ3v) is 2.42. The summed E-state index contributed by atoms with van der Waals surface area (Å²) < 4.78 is 1.75. The molecule has 1 aromatic rings. The van der Waals surface area contributed by atoms with Crippen LogP contribution in [0.5, 0.6) is 0 Å². The van der Waals surface area contributed by atoms with Crippen molar-refractivity contribution in [2.24, 2.45) is 12.8 Å². The summed E-state index contributed by atoms with van der Waals surface area (Å²) in [6.45, 7) is 4.37. The second-order valence-electron chi connectivity index (χ2n) is 4.21. The maximum Gasteiger partial charge on any atom is 0.220 e. The Kier molecular flexibility index (Phi) is 4.49. The van der Waals surface area contributed by atoms with E-state index in [1.165, 1.54) is 0 Å². The summed E-state index contributed by atoms with van der Waals surface area (Å²) in [7, 11) is 1.87. The van der Waals surface area contributed by atoms with Gasteiger partial charge in [0.1, 0.15) is 0 Å². The summed E-state index contributed by atoms with van der Waals surface area (Å²) in [6.07, 6.45) is 3.12. The van der Waals surface area contributed by atoms with Gasteiger partial charge in [0.25, 0.3) is 0 Å². The quantitative estimate of drug-likeness (QED) is 0.763. The molecule has 1 heterocycles. The Morgan fingerprint density at radius 3 is 2.88 bits per heavy atom. The van der Waals surface area contributed by atoms with Crippen molar-refractivity contribution < 1.29 is 4.79 Å². The number of aryl methyl sites for hydroxylation is 2. The van der Waals surface area contributed by atoms with Crippen LogP contribution >= 0.6 is 0 Å². The van der Waals surface area contributed by atoms with Crippen LogP contribution in [-0.4, -0.2) is 21.7 Å². The van der Waals surface area contributed by atoms with Crippen LogP contribution in [0.4, 0.5) is 0 Å². The first-order chi connectivity index (χ1) is 7.49. The lowest BCUT2D eigenvalue weighted by Gasteiger charge is -2.06. The standard InChI is InChI=1S/C11H20N4O/c1-8(12)4-5-11(16)13-6-10-7-15(3)14-9(10)2/h7-8H,4-6,12H2,1-3H3,(H,13,16). The molecule has 16 heavy (non-hydrogen) atoms.